The highest BCUT2D eigenvalue weighted by Crippen LogP contribution is 2.19. The zero-order valence-electron chi connectivity index (χ0n) is 12.8. The number of hydrogen-bond acceptors (Lipinski definition) is 3. The minimum Gasteiger partial charge on any atom is -0.497 e. The van der Waals surface area contributed by atoms with Gasteiger partial charge in [-0.3, -0.25) is 4.79 Å². The van der Waals surface area contributed by atoms with Crippen molar-refractivity contribution >= 4 is 5.91 Å². The molecule has 0 aliphatic carbocycles. The van der Waals surface area contributed by atoms with Crippen LogP contribution >= 0.6 is 0 Å². The monoisotopic (exact) mass is 303 g/mol. The van der Waals surface area contributed by atoms with E-state index >= 15 is 0 Å². The standard InChI is InChI=1S/C17H18FNO3/c1-19(11-12-7-8-16(22-3)15(18)9-12)17(20)13-5-4-6-14(10-13)21-2/h4-10H,11H2,1-3H3. The molecule has 1 amide bonds. The largest absolute Gasteiger partial charge is 0.497 e. The number of ether oxygens (including phenoxy) is 2. The van der Waals surface area contributed by atoms with E-state index in [9.17, 15) is 9.18 Å². The molecule has 0 bridgehead atoms. The maximum absolute atomic E-state index is 13.7. The summed E-state index contributed by atoms with van der Waals surface area (Å²) in [6, 6.07) is 11.6. The van der Waals surface area contributed by atoms with Crippen molar-refractivity contribution in [3.63, 3.8) is 0 Å². The molecule has 0 radical (unpaired) electrons. The van der Waals surface area contributed by atoms with E-state index in [-0.39, 0.29) is 11.7 Å². The van der Waals surface area contributed by atoms with Gasteiger partial charge in [0.2, 0.25) is 0 Å². The number of benzene rings is 2. The van der Waals surface area contributed by atoms with Crippen molar-refractivity contribution < 1.29 is 18.7 Å². The summed E-state index contributed by atoms with van der Waals surface area (Å²) in [5, 5.41) is 0. The Balaban J connectivity index is 2.12. The summed E-state index contributed by atoms with van der Waals surface area (Å²) in [4.78, 5) is 13.9. The van der Waals surface area contributed by atoms with E-state index < -0.39 is 5.82 Å². The van der Waals surface area contributed by atoms with E-state index in [0.717, 1.165) is 0 Å². The third-order valence-corrected chi connectivity index (χ3v) is 3.30. The Labute approximate surface area is 129 Å². The molecule has 0 saturated heterocycles. The van der Waals surface area contributed by atoms with E-state index in [1.807, 2.05) is 0 Å². The molecule has 0 aliphatic rings. The summed E-state index contributed by atoms with van der Waals surface area (Å²) >= 11 is 0. The van der Waals surface area contributed by atoms with Crippen LogP contribution in [0.25, 0.3) is 0 Å². The average Bonchev–Trinajstić information content (AvgIpc) is 2.54. The summed E-state index contributed by atoms with van der Waals surface area (Å²) in [5.74, 6) is 0.206. The van der Waals surface area contributed by atoms with Gasteiger partial charge in [0.15, 0.2) is 11.6 Å². The fourth-order valence-corrected chi connectivity index (χ4v) is 2.13. The van der Waals surface area contributed by atoms with E-state index in [4.69, 9.17) is 9.47 Å². The second-order valence-electron chi connectivity index (χ2n) is 4.86. The SMILES string of the molecule is COc1cccc(C(=O)N(C)Cc2ccc(OC)c(F)c2)c1. The van der Waals surface area contributed by atoms with Gasteiger partial charge in [-0.2, -0.15) is 0 Å². The minimum absolute atomic E-state index is 0.157. The van der Waals surface area contributed by atoms with Gasteiger partial charge in [0.1, 0.15) is 5.75 Å². The molecule has 0 aromatic heterocycles. The van der Waals surface area contributed by atoms with E-state index in [0.29, 0.717) is 23.4 Å². The quantitative estimate of drug-likeness (QED) is 0.852. The summed E-state index contributed by atoms with van der Waals surface area (Å²) in [6.45, 7) is 0.303. The van der Waals surface area contributed by atoms with Crippen LogP contribution in [0.2, 0.25) is 0 Å². The lowest BCUT2D eigenvalue weighted by Crippen LogP contribution is -2.26. The van der Waals surface area contributed by atoms with Gasteiger partial charge >= 0.3 is 0 Å². The molecule has 0 aliphatic heterocycles. The van der Waals surface area contributed by atoms with Gasteiger partial charge in [0, 0.05) is 19.2 Å². The lowest BCUT2D eigenvalue weighted by molar-refractivity contribution is 0.0784. The first-order valence-electron chi connectivity index (χ1n) is 6.77. The first kappa shape index (κ1) is 15.8. The molecule has 0 unspecified atom stereocenters. The van der Waals surface area contributed by atoms with Crippen LogP contribution in [0, 0.1) is 5.82 Å². The highest BCUT2D eigenvalue weighted by molar-refractivity contribution is 5.94. The maximum atomic E-state index is 13.7. The van der Waals surface area contributed by atoms with Gasteiger partial charge < -0.3 is 14.4 Å². The molecule has 0 spiro atoms. The Bertz CT molecular complexity index is 673. The second kappa shape index (κ2) is 6.93. The number of methoxy groups -OCH3 is 2. The van der Waals surface area contributed by atoms with Gasteiger partial charge in [0.05, 0.1) is 14.2 Å². The molecule has 2 aromatic rings. The molecule has 4 nitrogen and oxygen atoms in total. The van der Waals surface area contributed by atoms with Crippen LogP contribution < -0.4 is 9.47 Å². The summed E-state index contributed by atoms with van der Waals surface area (Å²) in [6.07, 6.45) is 0. The molecule has 2 aromatic carbocycles. The van der Waals surface area contributed by atoms with Crippen molar-refractivity contribution in [2.24, 2.45) is 0 Å². The molecule has 0 atom stereocenters. The van der Waals surface area contributed by atoms with Crippen molar-refractivity contribution in [2.75, 3.05) is 21.3 Å². The zero-order valence-corrected chi connectivity index (χ0v) is 12.8. The van der Waals surface area contributed by atoms with Gasteiger partial charge in [-0.05, 0) is 35.9 Å². The van der Waals surface area contributed by atoms with Gasteiger partial charge in [-0.25, -0.2) is 4.39 Å². The van der Waals surface area contributed by atoms with Crippen LogP contribution in [-0.4, -0.2) is 32.1 Å². The molecular weight excluding hydrogens is 285 g/mol. The summed E-state index contributed by atoms with van der Waals surface area (Å²) in [5.41, 5.74) is 1.22. The third kappa shape index (κ3) is 3.55. The third-order valence-electron chi connectivity index (χ3n) is 3.30. The number of hydrogen-bond donors (Lipinski definition) is 0. The van der Waals surface area contributed by atoms with Crippen molar-refractivity contribution in [1.82, 2.24) is 4.90 Å². The van der Waals surface area contributed by atoms with Gasteiger partial charge in [-0.15, -0.1) is 0 Å². The number of amides is 1. The Morgan fingerprint density at radius 3 is 2.55 bits per heavy atom. The summed E-state index contributed by atoms with van der Waals surface area (Å²) < 4.78 is 23.7. The lowest BCUT2D eigenvalue weighted by atomic mass is 10.1. The van der Waals surface area contributed by atoms with E-state index in [1.54, 1.807) is 50.6 Å². The number of carbonyl (C=O) groups excluding carboxylic acids is 1. The minimum atomic E-state index is -0.442. The highest BCUT2D eigenvalue weighted by Gasteiger charge is 2.13. The maximum Gasteiger partial charge on any atom is 0.254 e. The number of halogens is 1. The highest BCUT2D eigenvalue weighted by atomic mass is 19.1. The number of rotatable bonds is 5. The second-order valence-corrected chi connectivity index (χ2v) is 4.86. The number of carbonyl (C=O) groups is 1. The average molecular weight is 303 g/mol. The number of nitrogens with zero attached hydrogens (tertiary/aromatic N) is 1. The van der Waals surface area contributed by atoms with E-state index in [1.165, 1.54) is 18.1 Å². The Hall–Kier alpha value is -2.56. The molecule has 0 saturated carbocycles. The van der Waals surface area contributed by atoms with E-state index in [2.05, 4.69) is 0 Å². The Morgan fingerprint density at radius 1 is 1.14 bits per heavy atom. The topological polar surface area (TPSA) is 38.8 Å². The van der Waals surface area contributed by atoms with Gasteiger partial charge in [-0.1, -0.05) is 12.1 Å². The van der Waals surface area contributed by atoms with Crippen molar-refractivity contribution in [2.45, 2.75) is 6.54 Å². The molecule has 0 heterocycles. The smallest absolute Gasteiger partial charge is 0.254 e. The Kier molecular flexibility index (Phi) is 4.99. The van der Waals surface area contributed by atoms with Crippen molar-refractivity contribution in [1.29, 1.82) is 0 Å². The van der Waals surface area contributed by atoms with Crippen LogP contribution in [0.5, 0.6) is 11.5 Å². The van der Waals surface area contributed by atoms with Crippen LogP contribution in [0.1, 0.15) is 15.9 Å². The Morgan fingerprint density at radius 2 is 1.91 bits per heavy atom. The normalized spacial score (nSPS) is 10.2. The summed E-state index contributed by atoms with van der Waals surface area (Å²) in [7, 11) is 4.63. The fraction of sp³-hybridized carbons (Fsp3) is 0.235. The predicted octanol–water partition coefficient (Wildman–Crippen LogP) is 3.12. The van der Waals surface area contributed by atoms with Crippen molar-refractivity contribution in [3.05, 3.63) is 59.4 Å². The van der Waals surface area contributed by atoms with Crippen LogP contribution in [0.15, 0.2) is 42.5 Å². The first-order valence-corrected chi connectivity index (χ1v) is 6.77. The van der Waals surface area contributed by atoms with Crippen LogP contribution in [-0.2, 0) is 6.54 Å². The molecular formula is C17H18FNO3. The molecule has 0 fully saturated rings. The molecule has 2 rings (SSSR count). The molecule has 0 N–H and O–H groups in total. The fourth-order valence-electron chi connectivity index (χ4n) is 2.13. The first-order chi connectivity index (χ1) is 10.5. The van der Waals surface area contributed by atoms with Crippen molar-refractivity contribution in [3.8, 4) is 11.5 Å². The van der Waals surface area contributed by atoms with Crippen LogP contribution in [0.3, 0.4) is 0 Å². The molecule has 116 valence electrons. The lowest BCUT2D eigenvalue weighted by Gasteiger charge is -2.18. The predicted molar refractivity (Wildman–Crippen MR) is 81.7 cm³/mol. The molecule has 5 heteroatoms. The molecule has 22 heavy (non-hydrogen) atoms. The van der Waals surface area contributed by atoms with Gasteiger partial charge in [0.25, 0.3) is 5.91 Å². The van der Waals surface area contributed by atoms with Crippen LogP contribution in [0.4, 0.5) is 4.39 Å². The zero-order chi connectivity index (χ0) is 16.1.